The van der Waals surface area contributed by atoms with E-state index in [9.17, 15) is 0 Å². The van der Waals surface area contributed by atoms with Gasteiger partial charge in [0.2, 0.25) is 0 Å². The number of hydrogen-bond acceptors (Lipinski definition) is 2. The molecule has 1 atom stereocenters. The molecule has 2 N–H and O–H groups in total. The normalized spacial score (nSPS) is 41.6. The van der Waals surface area contributed by atoms with Gasteiger partial charge in [0.05, 0.1) is 5.69 Å². The Morgan fingerprint density at radius 1 is 1.26 bits per heavy atom. The van der Waals surface area contributed by atoms with Crippen LogP contribution in [0.15, 0.2) is 12.3 Å². The predicted octanol–water partition coefficient (Wildman–Crippen LogP) is 3.28. The third kappa shape index (κ3) is 2.12. The summed E-state index contributed by atoms with van der Waals surface area (Å²) in [6.45, 7) is 3.45. The van der Waals surface area contributed by atoms with E-state index in [1.54, 1.807) is 0 Å². The van der Waals surface area contributed by atoms with Gasteiger partial charge in [-0.2, -0.15) is 5.10 Å². The van der Waals surface area contributed by atoms with Crippen LogP contribution in [0.4, 0.5) is 0 Å². The van der Waals surface area contributed by atoms with E-state index in [1.165, 1.54) is 50.8 Å². The standard InChI is InChI=1S/C16H25N3/c1-11(15-2-3-18-19-15)17-10-16-7-12-4-13(8-16)6-14(5-12)9-16/h2-3,11-14,17H,4-10H2,1H3,(H,18,19). The van der Waals surface area contributed by atoms with Crippen LogP contribution < -0.4 is 5.32 Å². The first-order chi connectivity index (χ1) is 9.22. The highest BCUT2D eigenvalue weighted by Crippen LogP contribution is 2.59. The van der Waals surface area contributed by atoms with Gasteiger partial charge in [0.25, 0.3) is 0 Å². The molecule has 4 saturated carbocycles. The average molecular weight is 259 g/mol. The minimum Gasteiger partial charge on any atom is -0.308 e. The molecule has 4 fully saturated rings. The number of nitrogens with one attached hydrogen (secondary N) is 2. The van der Waals surface area contributed by atoms with Gasteiger partial charge in [0.15, 0.2) is 0 Å². The Balaban J connectivity index is 1.42. The van der Waals surface area contributed by atoms with Gasteiger partial charge >= 0.3 is 0 Å². The number of H-pyrrole nitrogens is 1. The fourth-order valence-corrected chi connectivity index (χ4v) is 5.49. The molecule has 5 rings (SSSR count). The van der Waals surface area contributed by atoms with Gasteiger partial charge in [0, 0.05) is 18.8 Å². The van der Waals surface area contributed by atoms with Crippen LogP contribution in [0.1, 0.15) is 57.2 Å². The smallest absolute Gasteiger partial charge is 0.0518 e. The molecule has 1 heterocycles. The Hall–Kier alpha value is -0.830. The van der Waals surface area contributed by atoms with Crippen molar-refractivity contribution >= 4 is 0 Å². The molecule has 4 aliphatic carbocycles. The first-order valence-electron chi connectivity index (χ1n) is 7.95. The van der Waals surface area contributed by atoms with Crippen LogP contribution in [0.2, 0.25) is 0 Å². The van der Waals surface area contributed by atoms with E-state index in [0.29, 0.717) is 11.5 Å². The lowest BCUT2D eigenvalue weighted by Gasteiger charge is -2.57. The predicted molar refractivity (Wildman–Crippen MR) is 75.6 cm³/mol. The lowest BCUT2D eigenvalue weighted by Crippen LogP contribution is -2.50. The molecule has 0 amide bonds. The fourth-order valence-electron chi connectivity index (χ4n) is 5.49. The molecular weight excluding hydrogens is 234 g/mol. The average Bonchev–Trinajstić information content (AvgIpc) is 2.88. The van der Waals surface area contributed by atoms with Crippen LogP contribution in [0.3, 0.4) is 0 Å². The molecule has 3 nitrogen and oxygen atoms in total. The summed E-state index contributed by atoms with van der Waals surface area (Å²) in [5.74, 6) is 3.15. The second-order valence-corrected chi connectivity index (χ2v) is 7.53. The summed E-state index contributed by atoms with van der Waals surface area (Å²) >= 11 is 0. The summed E-state index contributed by atoms with van der Waals surface area (Å²) in [5, 5.41) is 10.9. The largest absolute Gasteiger partial charge is 0.308 e. The Labute approximate surface area is 115 Å². The van der Waals surface area contributed by atoms with E-state index >= 15 is 0 Å². The lowest BCUT2D eigenvalue weighted by atomic mass is 9.49. The van der Waals surface area contributed by atoms with Gasteiger partial charge in [-0.1, -0.05) is 0 Å². The molecule has 0 aromatic carbocycles. The third-order valence-corrected chi connectivity index (χ3v) is 5.94. The van der Waals surface area contributed by atoms with Crippen LogP contribution in [0.25, 0.3) is 0 Å². The van der Waals surface area contributed by atoms with Crippen molar-refractivity contribution in [1.82, 2.24) is 15.5 Å². The van der Waals surface area contributed by atoms with Crippen LogP contribution in [0.5, 0.6) is 0 Å². The number of hydrogen-bond donors (Lipinski definition) is 2. The quantitative estimate of drug-likeness (QED) is 0.871. The van der Waals surface area contributed by atoms with Gasteiger partial charge in [0.1, 0.15) is 0 Å². The number of aromatic nitrogens is 2. The molecule has 1 aromatic rings. The fraction of sp³-hybridized carbons (Fsp3) is 0.812. The van der Waals surface area contributed by atoms with Crippen molar-refractivity contribution < 1.29 is 0 Å². The molecule has 4 aliphatic rings. The topological polar surface area (TPSA) is 40.7 Å². The zero-order valence-corrected chi connectivity index (χ0v) is 11.9. The molecule has 1 aromatic heterocycles. The second kappa shape index (κ2) is 4.34. The van der Waals surface area contributed by atoms with Crippen molar-refractivity contribution in [1.29, 1.82) is 0 Å². The summed E-state index contributed by atoms with van der Waals surface area (Å²) in [6.07, 6.45) is 10.9. The van der Waals surface area contributed by atoms with E-state index in [-0.39, 0.29) is 0 Å². The van der Waals surface area contributed by atoms with Gasteiger partial charge in [-0.15, -0.1) is 0 Å². The Morgan fingerprint density at radius 3 is 2.42 bits per heavy atom. The van der Waals surface area contributed by atoms with Crippen molar-refractivity contribution in [2.75, 3.05) is 6.54 Å². The third-order valence-electron chi connectivity index (χ3n) is 5.94. The zero-order chi connectivity index (χ0) is 12.9. The van der Waals surface area contributed by atoms with Gasteiger partial charge in [-0.05, 0) is 74.7 Å². The van der Waals surface area contributed by atoms with Gasteiger partial charge in [-0.25, -0.2) is 0 Å². The molecular formula is C16H25N3. The second-order valence-electron chi connectivity index (χ2n) is 7.53. The van der Waals surface area contributed by atoms with E-state index in [4.69, 9.17) is 0 Å². The summed E-state index contributed by atoms with van der Waals surface area (Å²) in [7, 11) is 0. The maximum Gasteiger partial charge on any atom is 0.0518 e. The molecule has 104 valence electrons. The van der Waals surface area contributed by atoms with E-state index in [2.05, 4.69) is 28.5 Å². The van der Waals surface area contributed by atoms with Crippen molar-refractivity contribution in [3.05, 3.63) is 18.0 Å². The zero-order valence-electron chi connectivity index (χ0n) is 11.9. The number of nitrogens with zero attached hydrogens (tertiary/aromatic N) is 1. The molecule has 0 radical (unpaired) electrons. The minimum atomic E-state index is 0.399. The summed E-state index contributed by atoms with van der Waals surface area (Å²) < 4.78 is 0. The molecule has 0 saturated heterocycles. The highest BCUT2D eigenvalue weighted by molar-refractivity contribution is 5.06. The van der Waals surface area contributed by atoms with Crippen molar-refractivity contribution in [2.24, 2.45) is 23.2 Å². The maximum absolute atomic E-state index is 4.05. The minimum absolute atomic E-state index is 0.399. The van der Waals surface area contributed by atoms with E-state index in [0.717, 1.165) is 17.8 Å². The highest BCUT2D eigenvalue weighted by Gasteiger charge is 2.50. The van der Waals surface area contributed by atoms with Crippen molar-refractivity contribution in [3.8, 4) is 0 Å². The maximum atomic E-state index is 4.05. The molecule has 3 heteroatoms. The highest BCUT2D eigenvalue weighted by atomic mass is 15.1. The SMILES string of the molecule is CC(NCC12CC3CC(CC(C3)C1)C2)c1ccn[nH]1. The van der Waals surface area contributed by atoms with E-state index in [1.807, 2.05) is 6.20 Å². The van der Waals surface area contributed by atoms with Crippen LogP contribution in [-0.4, -0.2) is 16.7 Å². The first kappa shape index (κ1) is 12.0. The summed E-state index contributed by atoms with van der Waals surface area (Å²) in [4.78, 5) is 0. The number of aromatic amines is 1. The van der Waals surface area contributed by atoms with E-state index < -0.39 is 0 Å². The number of rotatable bonds is 4. The van der Waals surface area contributed by atoms with Gasteiger partial charge in [-0.3, -0.25) is 5.10 Å². The molecule has 0 aliphatic heterocycles. The summed E-state index contributed by atoms with van der Waals surface area (Å²) in [5.41, 5.74) is 1.84. The van der Waals surface area contributed by atoms with Crippen LogP contribution in [-0.2, 0) is 0 Å². The Kier molecular flexibility index (Phi) is 2.73. The van der Waals surface area contributed by atoms with Crippen LogP contribution >= 0.6 is 0 Å². The first-order valence-corrected chi connectivity index (χ1v) is 7.95. The van der Waals surface area contributed by atoms with Crippen molar-refractivity contribution in [3.63, 3.8) is 0 Å². The van der Waals surface area contributed by atoms with Crippen LogP contribution in [0, 0.1) is 23.2 Å². The Bertz CT molecular complexity index is 402. The van der Waals surface area contributed by atoms with Gasteiger partial charge < -0.3 is 5.32 Å². The Morgan fingerprint density at radius 2 is 1.89 bits per heavy atom. The van der Waals surface area contributed by atoms with Crippen molar-refractivity contribution in [2.45, 2.75) is 51.5 Å². The monoisotopic (exact) mass is 259 g/mol. The molecule has 0 spiro atoms. The molecule has 4 bridgehead atoms. The lowest BCUT2D eigenvalue weighted by molar-refractivity contribution is -0.0523. The summed E-state index contributed by atoms with van der Waals surface area (Å²) in [6, 6.07) is 2.48. The molecule has 19 heavy (non-hydrogen) atoms. The molecule has 1 unspecified atom stereocenters.